The Kier molecular flexibility index (Phi) is 5.98. The summed E-state index contributed by atoms with van der Waals surface area (Å²) in [4.78, 5) is 11.7. The fourth-order valence-electron chi connectivity index (χ4n) is 2.86. The van der Waals surface area contributed by atoms with Gasteiger partial charge in [-0.25, -0.2) is 0 Å². The standard InChI is InChI=1S/C21H18BrIN2O/c1-13-10-17(23)7-9-19(13)25-20-8-6-16(22)12-15(20)11-14-4-2-3-5-18(14)21(24)26/h2-10,12,25H,11H2,1H3,(H2,24,26). The molecule has 5 heteroatoms. The van der Waals surface area contributed by atoms with E-state index < -0.39 is 5.91 Å². The number of hydrogen-bond donors (Lipinski definition) is 2. The Bertz CT molecular complexity index is 972. The fraction of sp³-hybridized carbons (Fsp3) is 0.0952. The first-order valence-corrected chi connectivity index (χ1v) is 10.0. The van der Waals surface area contributed by atoms with Crippen LogP contribution >= 0.6 is 38.5 Å². The molecule has 0 radical (unpaired) electrons. The maximum absolute atomic E-state index is 11.7. The molecule has 0 bridgehead atoms. The lowest BCUT2D eigenvalue weighted by Gasteiger charge is -2.16. The van der Waals surface area contributed by atoms with Gasteiger partial charge in [0.05, 0.1) is 0 Å². The third-order valence-corrected chi connectivity index (χ3v) is 5.35. The molecule has 0 aliphatic carbocycles. The molecule has 3 aromatic rings. The summed E-state index contributed by atoms with van der Waals surface area (Å²) in [5.74, 6) is -0.404. The van der Waals surface area contributed by atoms with E-state index in [0.717, 1.165) is 27.0 Å². The number of benzene rings is 3. The van der Waals surface area contributed by atoms with E-state index in [1.54, 1.807) is 6.07 Å². The summed E-state index contributed by atoms with van der Waals surface area (Å²) in [6, 6.07) is 19.9. The van der Waals surface area contributed by atoms with Gasteiger partial charge in [0.2, 0.25) is 5.91 Å². The van der Waals surface area contributed by atoms with Crippen molar-refractivity contribution in [3.63, 3.8) is 0 Å². The van der Waals surface area contributed by atoms with E-state index in [1.165, 1.54) is 9.13 Å². The monoisotopic (exact) mass is 520 g/mol. The Morgan fingerprint density at radius 2 is 1.77 bits per heavy atom. The lowest BCUT2D eigenvalue weighted by Crippen LogP contribution is -2.14. The van der Waals surface area contributed by atoms with E-state index in [2.05, 4.69) is 75.0 Å². The fourth-order valence-corrected chi connectivity index (χ4v) is 3.92. The number of nitrogens with one attached hydrogen (secondary N) is 1. The van der Waals surface area contributed by atoms with Crippen LogP contribution in [0.15, 0.2) is 65.1 Å². The summed E-state index contributed by atoms with van der Waals surface area (Å²) >= 11 is 5.86. The molecule has 0 saturated heterocycles. The highest BCUT2D eigenvalue weighted by Crippen LogP contribution is 2.29. The minimum absolute atomic E-state index is 0.404. The minimum atomic E-state index is -0.404. The second-order valence-electron chi connectivity index (χ2n) is 6.08. The number of aryl methyl sites for hydroxylation is 1. The van der Waals surface area contributed by atoms with Crippen LogP contribution in [0.2, 0.25) is 0 Å². The topological polar surface area (TPSA) is 55.1 Å². The van der Waals surface area contributed by atoms with Crippen LogP contribution in [0.5, 0.6) is 0 Å². The quantitative estimate of drug-likeness (QED) is 0.418. The van der Waals surface area contributed by atoms with Crippen molar-refractivity contribution in [1.29, 1.82) is 0 Å². The van der Waals surface area contributed by atoms with E-state index in [-0.39, 0.29) is 0 Å². The van der Waals surface area contributed by atoms with E-state index >= 15 is 0 Å². The lowest BCUT2D eigenvalue weighted by atomic mass is 9.98. The Morgan fingerprint density at radius 3 is 2.50 bits per heavy atom. The molecule has 0 atom stereocenters. The number of halogens is 2. The molecule has 0 aliphatic rings. The van der Waals surface area contributed by atoms with Crippen LogP contribution < -0.4 is 11.1 Å². The molecule has 0 aliphatic heterocycles. The van der Waals surface area contributed by atoms with Crippen molar-refractivity contribution in [2.75, 3.05) is 5.32 Å². The van der Waals surface area contributed by atoms with Crippen molar-refractivity contribution in [2.45, 2.75) is 13.3 Å². The first-order valence-electron chi connectivity index (χ1n) is 8.13. The lowest BCUT2D eigenvalue weighted by molar-refractivity contribution is 0.0999. The van der Waals surface area contributed by atoms with Crippen molar-refractivity contribution in [2.24, 2.45) is 5.73 Å². The maximum Gasteiger partial charge on any atom is 0.248 e. The Balaban J connectivity index is 1.98. The number of primary amides is 1. The SMILES string of the molecule is Cc1cc(I)ccc1Nc1ccc(Br)cc1Cc1ccccc1C(N)=O. The number of anilines is 2. The van der Waals surface area contributed by atoms with E-state index in [4.69, 9.17) is 5.73 Å². The maximum atomic E-state index is 11.7. The van der Waals surface area contributed by atoms with Crippen LogP contribution in [-0.4, -0.2) is 5.91 Å². The average Bonchev–Trinajstić information content (AvgIpc) is 2.59. The molecule has 1 amide bonds. The first kappa shape index (κ1) is 18.9. The Morgan fingerprint density at radius 1 is 1.04 bits per heavy atom. The Labute approximate surface area is 175 Å². The third kappa shape index (κ3) is 4.45. The molecule has 3 aromatic carbocycles. The summed E-state index contributed by atoms with van der Waals surface area (Å²) in [7, 11) is 0. The van der Waals surface area contributed by atoms with Crippen molar-refractivity contribution in [1.82, 2.24) is 0 Å². The van der Waals surface area contributed by atoms with E-state index in [1.807, 2.05) is 30.3 Å². The van der Waals surface area contributed by atoms with Gasteiger partial charge in [-0.2, -0.15) is 0 Å². The molecule has 3 rings (SSSR count). The number of amides is 1. The molecule has 3 N–H and O–H groups in total. The van der Waals surface area contributed by atoms with Gasteiger partial charge in [-0.3, -0.25) is 4.79 Å². The zero-order valence-corrected chi connectivity index (χ0v) is 18.0. The third-order valence-electron chi connectivity index (χ3n) is 4.19. The molecule has 26 heavy (non-hydrogen) atoms. The highest BCUT2D eigenvalue weighted by molar-refractivity contribution is 14.1. The molecule has 3 nitrogen and oxygen atoms in total. The second-order valence-corrected chi connectivity index (χ2v) is 8.25. The van der Waals surface area contributed by atoms with Gasteiger partial charge in [0.15, 0.2) is 0 Å². The largest absolute Gasteiger partial charge is 0.366 e. The number of carbonyl (C=O) groups is 1. The number of nitrogens with two attached hydrogens (primary N) is 1. The summed E-state index contributed by atoms with van der Waals surface area (Å²) in [6.07, 6.45) is 0.615. The van der Waals surface area contributed by atoms with Crippen molar-refractivity contribution < 1.29 is 4.79 Å². The van der Waals surface area contributed by atoms with Gasteiger partial charge in [-0.05, 0) is 88.7 Å². The zero-order chi connectivity index (χ0) is 18.7. The van der Waals surface area contributed by atoms with Crippen LogP contribution in [0, 0.1) is 10.5 Å². The highest BCUT2D eigenvalue weighted by atomic mass is 127. The molecule has 0 aromatic heterocycles. The highest BCUT2D eigenvalue weighted by Gasteiger charge is 2.11. The molecular formula is C21H18BrIN2O. The van der Waals surface area contributed by atoms with Crippen molar-refractivity contribution in [3.05, 3.63) is 91.0 Å². The smallest absolute Gasteiger partial charge is 0.248 e. The second kappa shape index (κ2) is 8.22. The molecule has 132 valence electrons. The van der Waals surface area contributed by atoms with Crippen LogP contribution in [0.4, 0.5) is 11.4 Å². The van der Waals surface area contributed by atoms with Crippen molar-refractivity contribution >= 4 is 55.8 Å². The van der Waals surface area contributed by atoms with Crippen LogP contribution in [0.3, 0.4) is 0 Å². The van der Waals surface area contributed by atoms with Gasteiger partial charge in [0.25, 0.3) is 0 Å². The molecule has 0 fully saturated rings. The first-order chi connectivity index (χ1) is 12.4. The van der Waals surface area contributed by atoms with Gasteiger partial charge < -0.3 is 11.1 Å². The average molecular weight is 521 g/mol. The number of hydrogen-bond acceptors (Lipinski definition) is 2. The summed E-state index contributed by atoms with van der Waals surface area (Å²) in [5.41, 5.74) is 11.4. The van der Waals surface area contributed by atoms with Gasteiger partial charge in [-0.1, -0.05) is 34.1 Å². The minimum Gasteiger partial charge on any atom is -0.366 e. The van der Waals surface area contributed by atoms with E-state index in [9.17, 15) is 4.79 Å². The van der Waals surface area contributed by atoms with Gasteiger partial charge in [-0.15, -0.1) is 0 Å². The van der Waals surface area contributed by atoms with Gasteiger partial charge >= 0.3 is 0 Å². The summed E-state index contributed by atoms with van der Waals surface area (Å²) < 4.78 is 2.20. The molecular weight excluding hydrogens is 503 g/mol. The zero-order valence-electron chi connectivity index (χ0n) is 14.2. The number of rotatable bonds is 5. The predicted octanol–water partition coefficient (Wildman–Crippen LogP) is 5.80. The number of carbonyl (C=O) groups excluding carboxylic acids is 1. The molecule has 0 saturated carbocycles. The van der Waals surface area contributed by atoms with Gasteiger partial charge in [0.1, 0.15) is 0 Å². The molecule has 0 unspecified atom stereocenters. The Hall–Kier alpha value is -1.86. The van der Waals surface area contributed by atoms with Gasteiger partial charge in [0, 0.05) is 31.4 Å². The van der Waals surface area contributed by atoms with E-state index in [0.29, 0.717) is 12.0 Å². The molecule has 0 spiro atoms. The van der Waals surface area contributed by atoms with Crippen molar-refractivity contribution in [3.8, 4) is 0 Å². The summed E-state index contributed by atoms with van der Waals surface area (Å²) in [6.45, 7) is 2.09. The predicted molar refractivity (Wildman–Crippen MR) is 119 cm³/mol. The molecule has 0 heterocycles. The summed E-state index contributed by atoms with van der Waals surface area (Å²) in [5, 5.41) is 3.52. The van der Waals surface area contributed by atoms with Crippen LogP contribution in [0.1, 0.15) is 27.0 Å². The van der Waals surface area contributed by atoms with Crippen LogP contribution in [0.25, 0.3) is 0 Å². The normalized spacial score (nSPS) is 10.6. The van der Waals surface area contributed by atoms with Crippen LogP contribution in [-0.2, 0) is 6.42 Å².